The molecule has 0 radical (unpaired) electrons. The number of aliphatic hydroxyl groups is 1. The first-order valence-electron chi connectivity index (χ1n) is 13.9. The second kappa shape index (κ2) is 10.8. The Bertz CT molecular complexity index is 1680. The summed E-state index contributed by atoms with van der Waals surface area (Å²) in [4.78, 5) is 50.6. The lowest BCUT2D eigenvalue weighted by molar-refractivity contribution is -0.140. The fraction of sp³-hybridized carbons (Fsp3) is 0.400. The lowest BCUT2D eigenvalue weighted by atomic mass is 9.56. The van der Waals surface area contributed by atoms with Gasteiger partial charge in [-0.1, -0.05) is 23.8 Å². The predicted molar refractivity (Wildman–Crippen MR) is 148 cm³/mol. The van der Waals surface area contributed by atoms with Crippen LogP contribution in [0.1, 0.15) is 31.2 Å². The van der Waals surface area contributed by atoms with E-state index in [0.717, 1.165) is 4.90 Å². The number of likely N-dealkylation sites (tertiary alicyclic amines) is 1. The van der Waals surface area contributed by atoms with Crippen molar-refractivity contribution in [1.82, 2.24) is 4.90 Å². The number of carbonyl (C=O) groups is 4. The number of anilines is 1. The van der Waals surface area contributed by atoms with Gasteiger partial charge in [0.2, 0.25) is 17.6 Å². The molecule has 45 heavy (non-hydrogen) atoms. The zero-order valence-electron chi connectivity index (χ0n) is 23.3. The van der Waals surface area contributed by atoms with Gasteiger partial charge in [0.05, 0.1) is 18.4 Å². The van der Waals surface area contributed by atoms with Crippen molar-refractivity contribution in [2.24, 2.45) is 17.8 Å². The molecule has 2 aromatic rings. The van der Waals surface area contributed by atoms with Gasteiger partial charge in [0, 0.05) is 12.5 Å². The van der Waals surface area contributed by atoms with Gasteiger partial charge in [-0.3, -0.25) is 24.1 Å². The molecule has 0 aromatic heterocycles. The number of benzene rings is 2. The summed E-state index contributed by atoms with van der Waals surface area (Å²) in [5.41, 5.74) is -1.24. The number of rotatable bonds is 6. The number of alkyl halides is 2. The summed E-state index contributed by atoms with van der Waals surface area (Å²) in [5, 5.41) is 9.08. The van der Waals surface area contributed by atoms with Crippen LogP contribution in [0.4, 0.5) is 27.6 Å². The molecule has 15 heteroatoms. The van der Waals surface area contributed by atoms with Crippen LogP contribution in [-0.2, 0) is 19.2 Å². The molecule has 238 valence electrons. The Kier molecular flexibility index (Phi) is 7.52. The minimum absolute atomic E-state index is 0.0444. The quantitative estimate of drug-likeness (QED) is 0.122. The van der Waals surface area contributed by atoms with Crippen molar-refractivity contribution in [1.29, 1.82) is 0 Å². The van der Waals surface area contributed by atoms with E-state index in [9.17, 15) is 32.3 Å². The highest BCUT2D eigenvalue weighted by Gasteiger charge is 2.77. The minimum atomic E-state index is -2.59. The van der Waals surface area contributed by atoms with Crippen molar-refractivity contribution in [2.45, 2.75) is 35.4 Å². The molecule has 1 N–H and O–H groups in total. The summed E-state index contributed by atoms with van der Waals surface area (Å²) < 4.78 is 78.0. The van der Waals surface area contributed by atoms with Gasteiger partial charge >= 0.3 is 0 Å². The third kappa shape index (κ3) is 4.05. The minimum Gasteiger partial charge on any atom is -0.491 e. The highest BCUT2D eigenvalue weighted by atomic mass is 35.5. The summed E-state index contributed by atoms with van der Waals surface area (Å²) >= 11 is 14.1. The van der Waals surface area contributed by atoms with Crippen LogP contribution < -0.4 is 9.64 Å². The molecule has 2 aromatic carbocycles. The maximum absolute atomic E-state index is 15.1. The number of amides is 4. The Morgan fingerprint density at radius 3 is 2.07 bits per heavy atom. The van der Waals surface area contributed by atoms with Crippen molar-refractivity contribution in [3.8, 4) is 5.75 Å². The molecule has 1 saturated carbocycles. The molecule has 2 heterocycles. The molecule has 0 bridgehead atoms. The number of carbonyl (C=O) groups excluding carboxylic acids is 4. The van der Waals surface area contributed by atoms with E-state index >= 15 is 8.78 Å². The SMILES string of the molecule is CCN1C(=O)[C@H]2[C@H](CC=C3[C@H]2C[C@@]2(Cl)C(=O)N(c4c(F)c(F)c(F)c(F)c4F)C(=O)[C@@]2(Cl)[C@H]3c2ccc(OCCO)cc2)C1=O. The normalized spacial score (nSPS) is 30.8. The molecule has 2 aliphatic heterocycles. The fourth-order valence-corrected chi connectivity index (χ4v) is 8.17. The highest BCUT2D eigenvalue weighted by molar-refractivity contribution is 6.58. The van der Waals surface area contributed by atoms with Crippen LogP contribution in [0.5, 0.6) is 5.75 Å². The topological polar surface area (TPSA) is 104 Å². The summed E-state index contributed by atoms with van der Waals surface area (Å²) in [5.74, 6) is -20.1. The molecule has 4 aliphatic rings. The van der Waals surface area contributed by atoms with Gasteiger partial charge in [0.1, 0.15) is 18.0 Å². The summed E-state index contributed by atoms with van der Waals surface area (Å²) in [6.45, 7) is 1.35. The Labute approximate surface area is 262 Å². The third-order valence-electron chi connectivity index (χ3n) is 9.20. The predicted octanol–water partition coefficient (Wildman–Crippen LogP) is 4.34. The number of hydrogen-bond acceptors (Lipinski definition) is 6. The highest BCUT2D eigenvalue weighted by Crippen LogP contribution is 2.66. The van der Waals surface area contributed by atoms with Gasteiger partial charge in [-0.25, -0.2) is 26.9 Å². The number of imide groups is 2. The van der Waals surface area contributed by atoms with Gasteiger partial charge in [0.15, 0.2) is 33.0 Å². The van der Waals surface area contributed by atoms with Crippen LogP contribution in [0.3, 0.4) is 0 Å². The monoisotopic (exact) mass is 672 g/mol. The van der Waals surface area contributed by atoms with Crippen molar-refractivity contribution < 1.29 is 51.0 Å². The summed E-state index contributed by atoms with van der Waals surface area (Å²) in [7, 11) is 0. The number of allylic oxidation sites excluding steroid dienone is 2. The van der Waals surface area contributed by atoms with E-state index in [-0.39, 0.29) is 36.6 Å². The van der Waals surface area contributed by atoms with Crippen LogP contribution in [0.25, 0.3) is 0 Å². The maximum Gasteiger partial charge on any atom is 0.258 e. The number of aliphatic hydroxyl groups excluding tert-OH is 1. The molecule has 8 nitrogen and oxygen atoms in total. The molecule has 6 rings (SSSR count). The number of fused-ring (bicyclic) bond motifs is 4. The van der Waals surface area contributed by atoms with Crippen LogP contribution in [0, 0.1) is 46.8 Å². The molecule has 3 fully saturated rings. The Hall–Kier alpha value is -3.55. The lowest BCUT2D eigenvalue weighted by Gasteiger charge is -2.50. The van der Waals surface area contributed by atoms with Gasteiger partial charge in [-0.15, -0.1) is 23.2 Å². The number of hydrogen-bond donors (Lipinski definition) is 1. The first-order valence-corrected chi connectivity index (χ1v) is 14.7. The lowest BCUT2D eigenvalue weighted by Crippen LogP contribution is -2.60. The van der Waals surface area contributed by atoms with E-state index < -0.39 is 98.2 Å². The smallest absolute Gasteiger partial charge is 0.258 e. The second-order valence-corrected chi connectivity index (χ2v) is 12.5. The maximum atomic E-state index is 15.1. The molecule has 4 amide bonds. The van der Waals surface area contributed by atoms with Crippen molar-refractivity contribution in [3.05, 3.63) is 70.6 Å². The van der Waals surface area contributed by atoms with Crippen LogP contribution in [0.15, 0.2) is 35.9 Å². The van der Waals surface area contributed by atoms with Gasteiger partial charge in [0.25, 0.3) is 11.8 Å². The number of halogens is 7. The largest absolute Gasteiger partial charge is 0.491 e. The molecular weight excluding hydrogens is 650 g/mol. The molecule has 2 aliphatic carbocycles. The molecular formula is C30H23Cl2F5N2O6. The van der Waals surface area contributed by atoms with Gasteiger partial charge < -0.3 is 9.84 Å². The van der Waals surface area contributed by atoms with Crippen LogP contribution >= 0.6 is 23.2 Å². The Morgan fingerprint density at radius 2 is 1.49 bits per heavy atom. The average Bonchev–Trinajstić information content (AvgIpc) is 3.36. The van der Waals surface area contributed by atoms with Crippen molar-refractivity contribution in [3.63, 3.8) is 0 Å². The van der Waals surface area contributed by atoms with Crippen LogP contribution in [0.2, 0.25) is 0 Å². The zero-order chi connectivity index (χ0) is 32.7. The fourth-order valence-electron chi connectivity index (χ4n) is 7.24. The van der Waals surface area contributed by atoms with E-state index in [1.54, 1.807) is 13.0 Å². The van der Waals surface area contributed by atoms with E-state index in [0.29, 0.717) is 11.3 Å². The average molecular weight is 673 g/mol. The van der Waals surface area contributed by atoms with Gasteiger partial charge in [-0.2, -0.15) is 0 Å². The number of ether oxygens (including phenoxy) is 1. The van der Waals surface area contributed by atoms with Gasteiger partial charge in [-0.05, 0) is 43.4 Å². The van der Waals surface area contributed by atoms with E-state index in [1.165, 1.54) is 24.3 Å². The first kappa shape index (κ1) is 31.4. The Balaban J connectivity index is 1.56. The molecule has 2 saturated heterocycles. The standard InChI is InChI=1S/C30H23Cl2F5N2O6/c1-2-38-25(41)15-8-7-14-16(17(15)26(38)42)11-29(31)27(43)39(24-22(36)20(34)19(33)21(35)23(24)37)28(44)30(29,32)18(14)12-3-5-13(6-4-12)45-10-9-40/h3-7,15-18,40H,2,8-11H2,1H3/t15-,16+,17-,18-,29+,30-/m0/s1. The molecule has 6 atom stereocenters. The zero-order valence-corrected chi connectivity index (χ0v) is 24.8. The Morgan fingerprint density at radius 1 is 0.889 bits per heavy atom. The van der Waals surface area contributed by atoms with Crippen molar-refractivity contribution in [2.75, 3.05) is 24.7 Å². The number of nitrogens with zero attached hydrogens (tertiary/aromatic N) is 2. The molecule has 0 unspecified atom stereocenters. The second-order valence-electron chi connectivity index (χ2n) is 11.3. The van der Waals surface area contributed by atoms with E-state index in [4.69, 9.17) is 33.0 Å². The molecule has 0 spiro atoms. The van der Waals surface area contributed by atoms with Crippen LogP contribution in [-0.4, -0.2) is 63.1 Å². The van der Waals surface area contributed by atoms with E-state index in [1.807, 2.05) is 0 Å². The van der Waals surface area contributed by atoms with E-state index in [2.05, 4.69) is 0 Å². The first-order chi connectivity index (χ1) is 21.3. The summed E-state index contributed by atoms with van der Waals surface area (Å²) in [6, 6.07) is 5.85. The third-order valence-corrected chi connectivity index (χ3v) is 10.6. The van der Waals surface area contributed by atoms with Crippen molar-refractivity contribution >= 4 is 52.5 Å². The summed E-state index contributed by atoms with van der Waals surface area (Å²) in [6.07, 6.45) is 1.13.